The summed E-state index contributed by atoms with van der Waals surface area (Å²) in [6.45, 7) is 2.00. The number of aromatic nitrogens is 1. The van der Waals surface area contributed by atoms with Crippen LogP contribution in [0.5, 0.6) is 5.75 Å². The Labute approximate surface area is 87.6 Å². The summed E-state index contributed by atoms with van der Waals surface area (Å²) in [7, 11) is 1.62. The number of rotatable bonds is 2. The van der Waals surface area contributed by atoms with Gasteiger partial charge in [0.2, 0.25) is 0 Å². The molecule has 0 bridgehead atoms. The molecule has 0 aliphatic heterocycles. The number of anilines is 1. The van der Waals surface area contributed by atoms with E-state index in [0.717, 1.165) is 16.9 Å². The predicted molar refractivity (Wildman–Crippen MR) is 57.6 cm³/mol. The lowest BCUT2D eigenvalue weighted by Crippen LogP contribution is -1.87. The van der Waals surface area contributed by atoms with Crippen LogP contribution in [0.25, 0.3) is 11.3 Å². The van der Waals surface area contributed by atoms with E-state index in [1.165, 1.54) is 0 Å². The van der Waals surface area contributed by atoms with E-state index >= 15 is 0 Å². The smallest absolute Gasteiger partial charge is 0.172 e. The Morgan fingerprint density at radius 2 is 2.13 bits per heavy atom. The molecule has 1 aromatic heterocycles. The molecule has 0 unspecified atom stereocenters. The molecule has 2 rings (SSSR count). The van der Waals surface area contributed by atoms with E-state index in [4.69, 9.17) is 15.0 Å². The number of methoxy groups -OCH3 is 1. The van der Waals surface area contributed by atoms with Gasteiger partial charge in [0.25, 0.3) is 0 Å². The van der Waals surface area contributed by atoms with Crippen molar-refractivity contribution in [1.82, 2.24) is 5.16 Å². The molecule has 4 nitrogen and oxygen atoms in total. The molecule has 0 aliphatic rings. The second-order valence-corrected chi connectivity index (χ2v) is 3.32. The number of aryl methyl sites for hydroxylation is 1. The van der Waals surface area contributed by atoms with Crippen molar-refractivity contribution in [3.8, 4) is 17.1 Å². The van der Waals surface area contributed by atoms with E-state index < -0.39 is 0 Å². The second kappa shape index (κ2) is 3.65. The van der Waals surface area contributed by atoms with Crippen molar-refractivity contribution in [1.29, 1.82) is 0 Å². The Morgan fingerprint density at radius 3 is 2.73 bits per heavy atom. The van der Waals surface area contributed by atoms with Crippen molar-refractivity contribution >= 4 is 5.82 Å². The van der Waals surface area contributed by atoms with Gasteiger partial charge < -0.3 is 15.0 Å². The Morgan fingerprint density at radius 1 is 1.33 bits per heavy atom. The zero-order chi connectivity index (χ0) is 10.8. The SMILES string of the molecule is COc1ccc(C)cc1-c1cc(N)no1. The van der Waals surface area contributed by atoms with Gasteiger partial charge in [-0.2, -0.15) is 0 Å². The number of hydrogen-bond donors (Lipinski definition) is 1. The van der Waals surface area contributed by atoms with Crippen LogP contribution < -0.4 is 10.5 Å². The monoisotopic (exact) mass is 204 g/mol. The predicted octanol–water partition coefficient (Wildman–Crippen LogP) is 2.24. The van der Waals surface area contributed by atoms with Crippen LogP contribution in [0.15, 0.2) is 28.8 Å². The summed E-state index contributed by atoms with van der Waals surface area (Å²) in [6.07, 6.45) is 0. The van der Waals surface area contributed by atoms with E-state index in [0.29, 0.717) is 11.6 Å². The Kier molecular flexibility index (Phi) is 2.33. The Bertz CT molecular complexity index is 477. The fourth-order valence-corrected chi connectivity index (χ4v) is 1.43. The second-order valence-electron chi connectivity index (χ2n) is 3.32. The summed E-state index contributed by atoms with van der Waals surface area (Å²) in [6, 6.07) is 7.52. The minimum absolute atomic E-state index is 0.369. The van der Waals surface area contributed by atoms with Gasteiger partial charge in [0.15, 0.2) is 11.6 Å². The molecule has 0 aliphatic carbocycles. The third kappa shape index (κ3) is 1.79. The molecule has 15 heavy (non-hydrogen) atoms. The van der Waals surface area contributed by atoms with Gasteiger partial charge in [-0.05, 0) is 19.1 Å². The molecule has 1 heterocycles. The van der Waals surface area contributed by atoms with E-state index in [9.17, 15) is 0 Å². The molecular weight excluding hydrogens is 192 g/mol. The fraction of sp³-hybridized carbons (Fsp3) is 0.182. The van der Waals surface area contributed by atoms with Crippen LogP contribution >= 0.6 is 0 Å². The lowest BCUT2D eigenvalue weighted by molar-refractivity contribution is 0.407. The number of nitrogens with two attached hydrogens (primary N) is 1. The molecular formula is C11H12N2O2. The average Bonchev–Trinajstić information content (AvgIpc) is 2.65. The number of nitrogen functional groups attached to an aromatic ring is 1. The lowest BCUT2D eigenvalue weighted by Gasteiger charge is -2.05. The molecule has 1 aromatic carbocycles. The molecule has 0 amide bonds. The first-order chi connectivity index (χ1) is 7.20. The maximum absolute atomic E-state index is 5.50. The summed E-state index contributed by atoms with van der Waals surface area (Å²) >= 11 is 0. The van der Waals surface area contributed by atoms with E-state index in [1.54, 1.807) is 13.2 Å². The van der Waals surface area contributed by atoms with Gasteiger partial charge in [-0.1, -0.05) is 16.8 Å². The molecule has 2 N–H and O–H groups in total. The molecule has 0 radical (unpaired) electrons. The van der Waals surface area contributed by atoms with Crippen LogP contribution in [0.2, 0.25) is 0 Å². The Hall–Kier alpha value is -1.97. The maximum atomic E-state index is 5.50. The van der Waals surface area contributed by atoms with Gasteiger partial charge in [-0.3, -0.25) is 0 Å². The fourth-order valence-electron chi connectivity index (χ4n) is 1.43. The van der Waals surface area contributed by atoms with Gasteiger partial charge in [0, 0.05) is 6.07 Å². The van der Waals surface area contributed by atoms with Crippen molar-refractivity contribution in [3.63, 3.8) is 0 Å². The van der Waals surface area contributed by atoms with E-state index in [1.807, 2.05) is 25.1 Å². The number of hydrogen-bond acceptors (Lipinski definition) is 4. The third-order valence-corrected chi connectivity index (χ3v) is 2.15. The number of ether oxygens (including phenoxy) is 1. The third-order valence-electron chi connectivity index (χ3n) is 2.15. The first-order valence-corrected chi connectivity index (χ1v) is 4.58. The lowest BCUT2D eigenvalue weighted by atomic mass is 10.1. The van der Waals surface area contributed by atoms with Gasteiger partial charge in [-0.15, -0.1) is 0 Å². The highest BCUT2D eigenvalue weighted by molar-refractivity contribution is 5.68. The topological polar surface area (TPSA) is 61.3 Å². The number of benzene rings is 1. The van der Waals surface area contributed by atoms with Crippen molar-refractivity contribution in [2.75, 3.05) is 12.8 Å². The summed E-state index contributed by atoms with van der Waals surface area (Å²) in [5, 5.41) is 3.65. The highest BCUT2D eigenvalue weighted by Gasteiger charge is 2.10. The standard InChI is InChI=1S/C11H12N2O2/c1-7-3-4-9(14-2)8(5-7)10-6-11(12)13-15-10/h3-6H,1-2H3,(H2,12,13). The Balaban J connectivity index is 2.55. The molecule has 0 fully saturated rings. The minimum atomic E-state index is 0.369. The maximum Gasteiger partial charge on any atom is 0.172 e. The molecule has 2 aromatic rings. The number of nitrogens with zero attached hydrogens (tertiary/aromatic N) is 1. The quantitative estimate of drug-likeness (QED) is 0.814. The molecule has 0 atom stereocenters. The van der Waals surface area contributed by atoms with Crippen LogP contribution in [0, 0.1) is 6.92 Å². The van der Waals surface area contributed by atoms with Crippen LogP contribution in [0.1, 0.15) is 5.56 Å². The van der Waals surface area contributed by atoms with Gasteiger partial charge in [0.05, 0.1) is 12.7 Å². The van der Waals surface area contributed by atoms with Crippen molar-refractivity contribution in [3.05, 3.63) is 29.8 Å². The minimum Gasteiger partial charge on any atom is -0.496 e. The van der Waals surface area contributed by atoms with Crippen molar-refractivity contribution < 1.29 is 9.26 Å². The van der Waals surface area contributed by atoms with Crippen LogP contribution in [-0.2, 0) is 0 Å². The molecule has 4 heteroatoms. The van der Waals surface area contributed by atoms with E-state index in [-0.39, 0.29) is 0 Å². The first kappa shape index (κ1) is 9.58. The molecule has 0 saturated heterocycles. The molecule has 78 valence electrons. The van der Waals surface area contributed by atoms with Crippen LogP contribution in [-0.4, -0.2) is 12.3 Å². The van der Waals surface area contributed by atoms with Crippen molar-refractivity contribution in [2.24, 2.45) is 0 Å². The highest BCUT2D eigenvalue weighted by atomic mass is 16.5. The summed E-state index contributed by atoms with van der Waals surface area (Å²) < 4.78 is 10.3. The van der Waals surface area contributed by atoms with Gasteiger partial charge in [0.1, 0.15) is 5.75 Å². The average molecular weight is 204 g/mol. The first-order valence-electron chi connectivity index (χ1n) is 4.58. The molecule has 0 saturated carbocycles. The van der Waals surface area contributed by atoms with Crippen LogP contribution in [0.4, 0.5) is 5.82 Å². The van der Waals surface area contributed by atoms with Crippen molar-refractivity contribution in [2.45, 2.75) is 6.92 Å². The van der Waals surface area contributed by atoms with Gasteiger partial charge in [-0.25, -0.2) is 0 Å². The summed E-state index contributed by atoms with van der Waals surface area (Å²) in [4.78, 5) is 0. The highest BCUT2D eigenvalue weighted by Crippen LogP contribution is 2.31. The largest absolute Gasteiger partial charge is 0.496 e. The molecule has 0 spiro atoms. The zero-order valence-corrected chi connectivity index (χ0v) is 8.65. The van der Waals surface area contributed by atoms with Gasteiger partial charge >= 0.3 is 0 Å². The summed E-state index contributed by atoms with van der Waals surface area (Å²) in [5.41, 5.74) is 7.49. The summed E-state index contributed by atoms with van der Waals surface area (Å²) in [5.74, 6) is 1.73. The van der Waals surface area contributed by atoms with Crippen LogP contribution in [0.3, 0.4) is 0 Å². The van der Waals surface area contributed by atoms with E-state index in [2.05, 4.69) is 5.16 Å². The zero-order valence-electron chi connectivity index (χ0n) is 8.65. The normalized spacial score (nSPS) is 10.3.